The fourth-order valence-corrected chi connectivity index (χ4v) is 4.71. The number of rotatable bonds is 5. The first-order valence-electron chi connectivity index (χ1n) is 8.41. The molecule has 1 spiro atoms. The Hall–Kier alpha value is -0.990. The zero-order valence-electron chi connectivity index (χ0n) is 14.2. The topological polar surface area (TPSA) is 65.1 Å². The van der Waals surface area contributed by atoms with Crippen molar-refractivity contribution in [2.45, 2.75) is 43.5 Å². The highest BCUT2D eigenvalue weighted by Gasteiger charge is 2.47. The lowest BCUT2D eigenvalue weighted by Crippen LogP contribution is -2.58. The molecule has 2 aliphatic rings. The molecule has 2 unspecified atom stereocenters. The van der Waals surface area contributed by atoms with E-state index in [2.05, 4.69) is 0 Å². The lowest BCUT2D eigenvalue weighted by molar-refractivity contribution is -0.267. The lowest BCUT2D eigenvalue weighted by Gasteiger charge is -2.42. The van der Waals surface area contributed by atoms with Gasteiger partial charge in [0.25, 0.3) is 0 Å². The molecular weight excluding hydrogens is 330 g/mol. The Morgan fingerprint density at radius 2 is 2.08 bits per heavy atom. The number of aryl methyl sites for hydroxylation is 1. The number of benzene rings is 1. The lowest BCUT2D eigenvalue weighted by atomic mass is 10.1. The molecule has 1 aromatic carbocycles. The van der Waals surface area contributed by atoms with E-state index in [0.29, 0.717) is 31.1 Å². The Morgan fingerprint density at radius 1 is 1.33 bits per heavy atom. The third-order valence-electron chi connectivity index (χ3n) is 4.44. The minimum absolute atomic E-state index is 0.228. The van der Waals surface area contributed by atoms with Gasteiger partial charge in [-0.1, -0.05) is 17.7 Å². The second-order valence-electron chi connectivity index (χ2n) is 6.37. The fourth-order valence-electron chi connectivity index (χ4n) is 3.21. The van der Waals surface area contributed by atoms with Gasteiger partial charge in [0, 0.05) is 19.6 Å². The van der Waals surface area contributed by atoms with E-state index in [9.17, 15) is 8.42 Å². The third kappa shape index (κ3) is 3.65. The maximum atomic E-state index is 13.0. The van der Waals surface area contributed by atoms with Crippen LogP contribution >= 0.6 is 0 Å². The number of hydrogen-bond donors (Lipinski definition) is 0. The van der Waals surface area contributed by atoms with Crippen molar-refractivity contribution >= 4 is 10.0 Å². The maximum absolute atomic E-state index is 13.0. The van der Waals surface area contributed by atoms with Gasteiger partial charge in [-0.3, -0.25) is 0 Å². The van der Waals surface area contributed by atoms with E-state index in [-0.39, 0.29) is 19.2 Å². The van der Waals surface area contributed by atoms with E-state index >= 15 is 0 Å². The Morgan fingerprint density at radius 3 is 2.71 bits per heavy atom. The van der Waals surface area contributed by atoms with Crippen molar-refractivity contribution in [2.24, 2.45) is 0 Å². The first kappa shape index (κ1) is 17.8. The van der Waals surface area contributed by atoms with Gasteiger partial charge in [-0.05, 0) is 32.4 Å². The molecule has 7 heteroatoms. The normalized spacial score (nSPS) is 28.5. The minimum Gasteiger partial charge on any atom is -0.379 e. The van der Waals surface area contributed by atoms with Crippen molar-refractivity contribution in [3.05, 3.63) is 29.8 Å². The van der Waals surface area contributed by atoms with Gasteiger partial charge < -0.3 is 14.2 Å². The second-order valence-corrected chi connectivity index (χ2v) is 8.31. The van der Waals surface area contributed by atoms with Gasteiger partial charge in [-0.2, -0.15) is 4.31 Å². The van der Waals surface area contributed by atoms with Crippen LogP contribution in [0.5, 0.6) is 0 Å². The Kier molecular flexibility index (Phi) is 5.27. The molecule has 6 nitrogen and oxygen atoms in total. The quantitative estimate of drug-likeness (QED) is 0.807. The van der Waals surface area contributed by atoms with Crippen LogP contribution in [0.4, 0.5) is 0 Å². The predicted octanol–water partition coefficient (Wildman–Crippen LogP) is 1.93. The van der Waals surface area contributed by atoms with E-state index in [1.807, 2.05) is 26.0 Å². The van der Waals surface area contributed by atoms with Crippen molar-refractivity contribution < 1.29 is 22.6 Å². The summed E-state index contributed by atoms with van der Waals surface area (Å²) in [6.07, 6.45) is 1.26. The summed E-state index contributed by atoms with van der Waals surface area (Å²) in [6, 6.07) is 6.93. The van der Waals surface area contributed by atoms with E-state index in [1.54, 1.807) is 12.1 Å². The molecule has 3 rings (SSSR count). The molecule has 0 bridgehead atoms. The molecule has 2 aliphatic heterocycles. The van der Waals surface area contributed by atoms with E-state index in [4.69, 9.17) is 14.2 Å². The van der Waals surface area contributed by atoms with Crippen molar-refractivity contribution in [3.8, 4) is 0 Å². The molecule has 0 aromatic heterocycles. The minimum atomic E-state index is -3.58. The summed E-state index contributed by atoms with van der Waals surface area (Å²) in [5.74, 6) is -0.836. The van der Waals surface area contributed by atoms with Gasteiger partial charge in [-0.15, -0.1) is 0 Å². The standard InChI is InChI=1S/C17H25NO5S/c1-3-21-12-15-11-18(13-17(23-15)9-4-10-22-17)24(19,20)16-7-5-14(2)6-8-16/h5-8,15H,3-4,9-13H2,1-2H3. The average molecular weight is 355 g/mol. The Labute approximate surface area is 143 Å². The summed E-state index contributed by atoms with van der Waals surface area (Å²) in [5, 5.41) is 0. The maximum Gasteiger partial charge on any atom is 0.243 e. The van der Waals surface area contributed by atoms with Crippen LogP contribution in [0.1, 0.15) is 25.3 Å². The SMILES string of the molecule is CCOCC1CN(S(=O)(=O)c2ccc(C)cc2)CC2(CCCO2)O1. The average Bonchev–Trinajstić information content (AvgIpc) is 3.00. The number of ether oxygens (including phenoxy) is 3. The van der Waals surface area contributed by atoms with Crippen LogP contribution in [0.2, 0.25) is 0 Å². The molecule has 0 amide bonds. The van der Waals surface area contributed by atoms with Gasteiger partial charge in [0.05, 0.1) is 30.8 Å². The van der Waals surface area contributed by atoms with Gasteiger partial charge in [0.1, 0.15) is 0 Å². The van der Waals surface area contributed by atoms with E-state index < -0.39 is 15.8 Å². The molecule has 0 aliphatic carbocycles. The summed E-state index contributed by atoms with van der Waals surface area (Å²) in [7, 11) is -3.58. The number of sulfonamides is 1. The van der Waals surface area contributed by atoms with Crippen LogP contribution in [0.15, 0.2) is 29.2 Å². The molecule has 2 saturated heterocycles. The molecule has 2 atom stereocenters. The largest absolute Gasteiger partial charge is 0.379 e. The van der Waals surface area contributed by atoms with Crippen molar-refractivity contribution in [1.82, 2.24) is 4.31 Å². The van der Waals surface area contributed by atoms with Gasteiger partial charge in [0.2, 0.25) is 10.0 Å². The van der Waals surface area contributed by atoms with Gasteiger partial charge >= 0.3 is 0 Å². The molecule has 0 N–H and O–H groups in total. The van der Waals surface area contributed by atoms with Gasteiger partial charge in [0.15, 0.2) is 5.79 Å². The molecular formula is C17H25NO5S. The van der Waals surface area contributed by atoms with Crippen molar-refractivity contribution in [2.75, 3.05) is 32.9 Å². The van der Waals surface area contributed by atoms with E-state index in [0.717, 1.165) is 12.0 Å². The van der Waals surface area contributed by atoms with Crippen LogP contribution in [-0.2, 0) is 24.2 Å². The monoisotopic (exact) mass is 355 g/mol. The first-order valence-corrected chi connectivity index (χ1v) is 9.85. The van der Waals surface area contributed by atoms with Crippen LogP contribution < -0.4 is 0 Å². The summed E-state index contributed by atoms with van der Waals surface area (Å²) in [5.41, 5.74) is 1.03. The van der Waals surface area contributed by atoms with Gasteiger partial charge in [-0.25, -0.2) is 8.42 Å². The smallest absolute Gasteiger partial charge is 0.243 e. The van der Waals surface area contributed by atoms with Crippen LogP contribution in [0.3, 0.4) is 0 Å². The van der Waals surface area contributed by atoms with Crippen LogP contribution in [0.25, 0.3) is 0 Å². The Bertz CT molecular complexity index is 652. The summed E-state index contributed by atoms with van der Waals surface area (Å²) in [6.45, 7) is 5.88. The molecule has 24 heavy (non-hydrogen) atoms. The highest BCUT2D eigenvalue weighted by Crippen LogP contribution is 2.35. The van der Waals surface area contributed by atoms with Crippen molar-refractivity contribution in [1.29, 1.82) is 0 Å². The molecule has 1 aromatic rings. The fraction of sp³-hybridized carbons (Fsp3) is 0.647. The second kappa shape index (κ2) is 7.09. The third-order valence-corrected chi connectivity index (χ3v) is 6.27. The first-order chi connectivity index (χ1) is 11.5. The molecule has 2 heterocycles. The number of morpholine rings is 1. The number of nitrogens with zero attached hydrogens (tertiary/aromatic N) is 1. The molecule has 2 fully saturated rings. The summed E-state index contributed by atoms with van der Waals surface area (Å²) < 4.78 is 44.9. The van der Waals surface area contributed by atoms with E-state index in [1.165, 1.54) is 4.31 Å². The molecule has 0 saturated carbocycles. The molecule has 134 valence electrons. The predicted molar refractivity (Wildman–Crippen MR) is 89.2 cm³/mol. The Balaban J connectivity index is 1.85. The highest BCUT2D eigenvalue weighted by atomic mass is 32.2. The van der Waals surface area contributed by atoms with Crippen molar-refractivity contribution in [3.63, 3.8) is 0 Å². The zero-order chi connectivity index (χ0) is 17.2. The number of hydrogen-bond acceptors (Lipinski definition) is 5. The highest BCUT2D eigenvalue weighted by molar-refractivity contribution is 7.89. The summed E-state index contributed by atoms with van der Waals surface area (Å²) >= 11 is 0. The zero-order valence-corrected chi connectivity index (χ0v) is 15.0. The summed E-state index contributed by atoms with van der Waals surface area (Å²) in [4.78, 5) is 0.304. The van der Waals surface area contributed by atoms with Crippen LogP contribution in [0, 0.1) is 6.92 Å². The molecule has 0 radical (unpaired) electrons. The van der Waals surface area contributed by atoms with Crippen LogP contribution in [-0.4, -0.2) is 57.5 Å².